The zero-order chi connectivity index (χ0) is 19.6. The van der Waals surface area contributed by atoms with E-state index in [1.807, 2.05) is 54.6 Å². The Labute approximate surface area is 162 Å². The second-order valence-electron chi connectivity index (χ2n) is 6.34. The van der Waals surface area contributed by atoms with E-state index in [0.717, 1.165) is 21.5 Å². The number of sulfonamides is 1. The fourth-order valence-electron chi connectivity index (χ4n) is 2.98. The highest BCUT2D eigenvalue weighted by Crippen LogP contribution is 2.21. The van der Waals surface area contributed by atoms with Crippen molar-refractivity contribution in [2.24, 2.45) is 0 Å². The van der Waals surface area contributed by atoms with Crippen LogP contribution in [0.2, 0.25) is 0 Å². The van der Waals surface area contributed by atoms with Gasteiger partial charge in [0.2, 0.25) is 0 Å². The Morgan fingerprint density at radius 1 is 0.750 bits per heavy atom. The predicted octanol–water partition coefficient (Wildman–Crippen LogP) is 3.88. The second-order valence-corrected chi connectivity index (χ2v) is 8.02. The molecule has 0 aliphatic heterocycles. The van der Waals surface area contributed by atoms with Crippen LogP contribution >= 0.6 is 0 Å². The lowest BCUT2D eigenvalue weighted by Gasteiger charge is -2.10. The van der Waals surface area contributed by atoms with Crippen molar-refractivity contribution in [3.8, 4) is 5.75 Å². The summed E-state index contributed by atoms with van der Waals surface area (Å²) in [5.41, 5.74) is 0. The minimum absolute atomic E-state index is 0.0326. The molecule has 4 aromatic rings. The molecule has 140 valence electrons. The van der Waals surface area contributed by atoms with Gasteiger partial charge in [-0.2, -0.15) is 0 Å². The number of ether oxygens (including phenoxy) is 1. The van der Waals surface area contributed by atoms with E-state index in [-0.39, 0.29) is 4.90 Å². The summed E-state index contributed by atoms with van der Waals surface area (Å²) in [6.07, 6.45) is 0. The number of benzene rings is 4. The lowest BCUT2D eigenvalue weighted by Crippen LogP contribution is -2.34. The van der Waals surface area contributed by atoms with Crippen molar-refractivity contribution in [3.63, 3.8) is 0 Å². The van der Waals surface area contributed by atoms with Gasteiger partial charge in [0.1, 0.15) is 5.75 Å². The number of hydrogen-bond donors (Lipinski definition) is 1. The zero-order valence-electron chi connectivity index (χ0n) is 14.8. The molecule has 6 heteroatoms. The molecular formula is C22H17NO4S. The standard InChI is InChI=1S/C22H17NO4S/c24-22(15-27-20-11-9-16-5-1-3-7-18(16)13-20)23-28(25,26)21-12-10-17-6-2-4-8-19(17)14-21/h1-14H,15H2,(H,23,24). The van der Waals surface area contributed by atoms with Crippen molar-refractivity contribution in [2.45, 2.75) is 4.90 Å². The quantitative estimate of drug-likeness (QED) is 0.560. The molecule has 0 fully saturated rings. The molecule has 1 N–H and O–H groups in total. The van der Waals surface area contributed by atoms with E-state index in [2.05, 4.69) is 4.72 Å². The molecule has 4 rings (SSSR count). The molecule has 0 unspecified atom stereocenters. The molecule has 0 bridgehead atoms. The first-order chi connectivity index (χ1) is 13.5. The Kier molecular flexibility index (Phi) is 4.71. The minimum atomic E-state index is -3.97. The summed E-state index contributed by atoms with van der Waals surface area (Å²) in [6.45, 7) is -0.398. The van der Waals surface area contributed by atoms with Crippen LogP contribution in [0.1, 0.15) is 0 Å². The molecule has 4 aromatic carbocycles. The monoisotopic (exact) mass is 391 g/mol. The van der Waals surface area contributed by atoms with Crippen molar-refractivity contribution in [1.82, 2.24) is 4.72 Å². The maximum Gasteiger partial charge on any atom is 0.271 e. The number of fused-ring (bicyclic) bond motifs is 2. The first kappa shape index (κ1) is 18.0. The molecule has 0 aliphatic rings. The number of rotatable bonds is 5. The fourth-order valence-corrected chi connectivity index (χ4v) is 3.98. The third kappa shape index (κ3) is 3.82. The van der Waals surface area contributed by atoms with Crippen molar-refractivity contribution >= 4 is 37.5 Å². The lowest BCUT2D eigenvalue weighted by molar-refractivity contribution is -0.121. The molecule has 0 spiro atoms. The maximum absolute atomic E-state index is 12.5. The van der Waals surface area contributed by atoms with Crippen LogP contribution in [0.4, 0.5) is 0 Å². The fraction of sp³-hybridized carbons (Fsp3) is 0.0455. The second kappa shape index (κ2) is 7.32. The molecule has 0 radical (unpaired) electrons. The van der Waals surface area contributed by atoms with Crippen LogP contribution in [-0.4, -0.2) is 20.9 Å². The third-order valence-corrected chi connectivity index (χ3v) is 5.74. The average molecular weight is 391 g/mol. The summed E-state index contributed by atoms with van der Waals surface area (Å²) in [4.78, 5) is 12.1. The molecule has 0 heterocycles. The number of nitrogens with one attached hydrogen (secondary N) is 1. The van der Waals surface area contributed by atoms with E-state index in [1.165, 1.54) is 12.1 Å². The first-order valence-electron chi connectivity index (χ1n) is 8.67. The lowest BCUT2D eigenvalue weighted by atomic mass is 10.1. The molecule has 0 aliphatic carbocycles. The van der Waals surface area contributed by atoms with Gasteiger partial charge in [0.05, 0.1) is 4.90 Å². The number of carbonyl (C=O) groups excluding carboxylic acids is 1. The van der Waals surface area contributed by atoms with Gasteiger partial charge in [-0.05, 0) is 45.8 Å². The summed E-state index contributed by atoms with van der Waals surface area (Å²) in [6, 6.07) is 25.3. The van der Waals surface area contributed by atoms with Crippen molar-refractivity contribution in [2.75, 3.05) is 6.61 Å². The van der Waals surface area contributed by atoms with E-state index in [9.17, 15) is 13.2 Å². The van der Waals surface area contributed by atoms with E-state index in [0.29, 0.717) is 5.75 Å². The van der Waals surface area contributed by atoms with Crippen molar-refractivity contribution < 1.29 is 17.9 Å². The van der Waals surface area contributed by atoms with Gasteiger partial charge in [-0.3, -0.25) is 4.79 Å². The summed E-state index contributed by atoms with van der Waals surface area (Å²) in [7, 11) is -3.97. The van der Waals surface area contributed by atoms with Gasteiger partial charge in [0.25, 0.3) is 15.9 Å². The van der Waals surface area contributed by atoms with Crippen LogP contribution < -0.4 is 9.46 Å². The largest absolute Gasteiger partial charge is 0.484 e. The van der Waals surface area contributed by atoms with Crippen LogP contribution in [0.25, 0.3) is 21.5 Å². The average Bonchev–Trinajstić information content (AvgIpc) is 2.71. The first-order valence-corrected chi connectivity index (χ1v) is 10.2. The minimum Gasteiger partial charge on any atom is -0.484 e. The Bertz CT molecular complexity index is 1280. The van der Waals surface area contributed by atoms with Crippen LogP contribution in [0.3, 0.4) is 0 Å². The summed E-state index contributed by atoms with van der Waals surface area (Å²) in [5.74, 6) is -0.238. The smallest absolute Gasteiger partial charge is 0.271 e. The molecule has 0 aromatic heterocycles. The van der Waals surface area contributed by atoms with E-state index in [1.54, 1.807) is 18.2 Å². The molecule has 0 atom stereocenters. The molecule has 28 heavy (non-hydrogen) atoms. The number of carbonyl (C=O) groups is 1. The third-order valence-electron chi connectivity index (χ3n) is 4.37. The molecule has 5 nitrogen and oxygen atoms in total. The van der Waals surface area contributed by atoms with Gasteiger partial charge in [-0.15, -0.1) is 0 Å². The number of amides is 1. The Morgan fingerprint density at radius 2 is 1.32 bits per heavy atom. The molecule has 0 saturated carbocycles. The van der Waals surface area contributed by atoms with Gasteiger partial charge >= 0.3 is 0 Å². The van der Waals surface area contributed by atoms with Gasteiger partial charge in [0, 0.05) is 0 Å². The highest BCUT2D eigenvalue weighted by Gasteiger charge is 2.18. The van der Waals surface area contributed by atoms with Gasteiger partial charge in [-0.25, -0.2) is 13.1 Å². The zero-order valence-corrected chi connectivity index (χ0v) is 15.6. The summed E-state index contributed by atoms with van der Waals surface area (Å²) >= 11 is 0. The Balaban J connectivity index is 1.45. The SMILES string of the molecule is O=C(COc1ccc2ccccc2c1)NS(=O)(=O)c1ccc2ccccc2c1. The number of hydrogen-bond acceptors (Lipinski definition) is 4. The molecular weight excluding hydrogens is 374 g/mol. The summed E-state index contributed by atoms with van der Waals surface area (Å²) in [5, 5.41) is 3.74. The van der Waals surface area contributed by atoms with E-state index < -0.39 is 22.5 Å². The molecule has 1 amide bonds. The topological polar surface area (TPSA) is 72.5 Å². The highest BCUT2D eigenvalue weighted by atomic mass is 32.2. The summed E-state index contributed by atoms with van der Waals surface area (Å²) < 4.78 is 32.5. The Morgan fingerprint density at radius 3 is 2.00 bits per heavy atom. The van der Waals surface area contributed by atoms with Gasteiger partial charge in [0.15, 0.2) is 6.61 Å². The predicted molar refractivity (Wildman–Crippen MR) is 109 cm³/mol. The van der Waals surface area contributed by atoms with Crippen LogP contribution in [0, 0.1) is 0 Å². The van der Waals surface area contributed by atoms with E-state index >= 15 is 0 Å². The van der Waals surface area contributed by atoms with Crippen LogP contribution in [0.5, 0.6) is 5.75 Å². The van der Waals surface area contributed by atoms with Crippen molar-refractivity contribution in [3.05, 3.63) is 84.9 Å². The normalized spacial score (nSPS) is 11.4. The Hall–Kier alpha value is -3.38. The maximum atomic E-state index is 12.5. The molecule has 0 saturated heterocycles. The van der Waals surface area contributed by atoms with Crippen molar-refractivity contribution in [1.29, 1.82) is 0 Å². The van der Waals surface area contributed by atoms with E-state index in [4.69, 9.17) is 4.74 Å². The van der Waals surface area contributed by atoms with Crippen LogP contribution in [-0.2, 0) is 14.8 Å². The van der Waals surface area contributed by atoms with Gasteiger partial charge in [-0.1, -0.05) is 60.7 Å². The van der Waals surface area contributed by atoms with Gasteiger partial charge < -0.3 is 4.74 Å². The van der Waals surface area contributed by atoms with Crippen LogP contribution in [0.15, 0.2) is 89.8 Å². The highest BCUT2D eigenvalue weighted by molar-refractivity contribution is 7.90.